The van der Waals surface area contributed by atoms with E-state index in [0.29, 0.717) is 12.5 Å². The summed E-state index contributed by atoms with van der Waals surface area (Å²) in [4.78, 5) is 0. The normalized spacial score (nSPS) is 27.6. The fourth-order valence-corrected chi connectivity index (χ4v) is 3.62. The van der Waals surface area contributed by atoms with Crippen LogP contribution >= 0.6 is 0 Å². The van der Waals surface area contributed by atoms with E-state index >= 15 is 0 Å². The van der Waals surface area contributed by atoms with Gasteiger partial charge >= 0.3 is 0 Å². The molecule has 1 aromatic carbocycles. The Morgan fingerprint density at radius 3 is 2.86 bits per heavy atom. The third kappa shape index (κ3) is 3.18. The zero-order chi connectivity index (χ0) is 14.9. The Kier molecular flexibility index (Phi) is 4.12. The topological polar surface area (TPSA) is 44.5 Å². The quantitative estimate of drug-likeness (QED) is 0.863. The number of para-hydroxylation sites is 1. The third-order valence-corrected chi connectivity index (χ3v) is 4.73. The second kappa shape index (κ2) is 5.88. The number of ether oxygens (including phenoxy) is 2. The van der Waals surface area contributed by atoms with Crippen molar-refractivity contribution in [3.05, 3.63) is 23.8 Å². The number of benzene rings is 1. The Bertz CT molecular complexity index is 498. The minimum absolute atomic E-state index is 0.126. The summed E-state index contributed by atoms with van der Waals surface area (Å²) in [7, 11) is 0. The van der Waals surface area contributed by atoms with Crippen molar-refractivity contribution in [1.82, 2.24) is 0 Å². The lowest BCUT2D eigenvalue weighted by Gasteiger charge is -2.26. The summed E-state index contributed by atoms with van der Waals surface area (Å²) in [6.45, 7) is 4.97. The molecule has 3 nitrogen and oxygen atoms in total. The van der Waals surface area contributed by atoms with Gasteiger partial charge in [-0.15, -0.1) is 0 Å². The van der Waals surface area contributed by atoms with Gasteiger partial charge in [0.05, 0.1) is 0 Å². The smallest absolute Gasteiger partial charge is 0.165 e. The first kappa shape index (κ1) is 14.7. The summed E-state index contributed by atoms with van der Waals surface area (Å²) >= 11 is 0. The fraction of sp³-hybridized carbons (Fsp3) is 0.667. The van der Waals surface area contributed by atoms with Crippen LogP contribution < -0.4 is 15.2 Å². The van der Waals surface area contributed by atoms with E-state index in [2.05, 4.69) is 26.0 Å². The molecule has 0 saturated heterocycles. The van der Waals surface area contributed by atoms with Gasteiger partial charge in [-0.1, -0.05) is 25.0 Å². The van der Waals surface area contributed by atoms with E-state index in [1.165, 1.54) is 31.2 Å². The van der Waals surface area contributed by atoms with Crippen molar-refractivity contribution in [3.63, 3.8) is 0 Å². The lowest BCUT2D eigenvalue weighted by Crippen LogP contribution is -2.32. The molecule has 2 atom stereocenters. The summed E-state index contributed by atoms with van der Waals surface area (Å²) in [5.41, 5.74) is 7.09. The average Bonchev–Trinajstić information content (AvgIpc) is 2.62. The van der Waals surface area contributed by atoms with Gasteiger partial charge in [0.1, 0.15) is 11.7 Å². The van der Waals surface area contributed by atoms with Gasteiger partial charge in [-0.25, -0.2) is 0 Å². The molecule has 2 unspecified atom stereocenters. The fourth-order valence-electron chi connectivity index (χ4n) is 3.62. The average molecular weight is 289 g/mol. The molecule has 0 amide bonds. The van der Waals surface area contributed by atoms with Crippen LogP contribution in [-0.4, -0.2) is 18.2 Å². The first-order valence-electron chi connectivity index (χ1n) is 8.27. The molecule has 0 spiro atoms. The van der Waals surface area contributed by atoms with Gasteiger partial charge in [0.15, 0.2) is 11.5 Å². The van der Waals surface area contributed by atoms with Crippen LogP contribution in [-0.2, 0) is 6.42 Å². The van der Waals surface area contributed by atoms with Crippen LogP contribution in [0.25, 0.3) is 0 Å². The Hall–Kier alpha value is -1.22. The maximum atomic E-state index is 6.37. The van der Waals surface area contributed by atoms with E-state index in [-0.39, 0.29) is 11.7 Å². The summed E-state index contributed by atoms with van der Waals surface area (Å²) in [6, 6.07) is 6.26. The van der Waals surface area contributed by atoms with Gasteiger partial charge in [0, 0.05) is 17.9 Å². The van der Waals surface area contributed by atoms with Crippen molar-refractivity contribution in [3.8, 4) is 11.5 Å². The molecule has 3 rings (SSSR count). The molecule has 0 bridgehead atoms. The van der Waals surface area contributed by atoms with E-state index in [0.717, 1.165) is 24.3 Å². The van der Waals surface area contributed by atoms with Crippen molar-refractivity contribution in [2.24, 2.45) is 11.7 Å². The van der Waals surface area contributed by atoms with Crippen LogP contribution in [0.2, 0.25) is 0 Å². The molecule has 2 aliphatic rings. The molecule has 1 saturated carbocycles. The van der Waals surface area contributed by atoms with E-state index in [1.54, 1.807) is 0 Å². The number of hydrogen-bond donors (Lipinski definition) is 1. The highest BCUT2D eigenvalue weighted by atomic mass is 16.5. The molecule has 0 radical (unpaired) electrons. The zero-order valence-corrected chi connectivity index (χ0v) is 13.2. The van der Waals surface area contributed by atoms with Gasteiger partial charge in [-0.05, 0) is 45.7 Å². The van der Waals surface area contributed by atoms with Gasteiger partial charge < -0.3 is 15.2 Å². The van der Waals surface area contributed by atoms with Crippen molar-refractivity contribution in [2.45, 2.75) is 64.1 Å². The van der Waals surface area contributed by atoms with Crippen LogP contribution in [0.3, 0.4) is 0 Å². The van der Waals surface area contributed by atoms with Gasteiger partial charge in [0.25, 0.3) is 0 Å². The van der Waals surface area contributed by atoms with E-state index in [1.807, 2.05) is 6.07 Å². The van der Waals surface area contributed by atoms with Crippen LogP contribution in [0, 0.1) is 5.92 Å². The van der Waals surface area contributed by atoms with Gasteiger partial charge in [0.2, 0.25) is 0 Å². The van der Waals surface area contributed by atoms with Crippen LogP contribution in [0.4, 0.5) is 0 Å². The van der Waals surface area contributed by atoms with Crippen molar-refractivity contribution in [2.75, 3.05) is 6.54 Å². The zero-order valence-electron chi connectivity index (χ0n) is 13.2. The standard InChI is InChI=1S/C18H27NO2/c1-18(2)11-13-8-6-10-16(17(13)21-18)20-15-9-5-3-4-7-14(15)12-19/h6,8,10,14-15H,3-5,7,9,11-12,19H2,1-2H3. The second-order valence-electron chi connectivity index (χ2n) is 7.07. The summed E-state index contributed by atoms with van der Waals surface area (Å²) in [5, 5.41) is 0. The molecule has 1 aliphatic heterocycles. The number of nitrogens with two attached hydrogens (primary N) is 1. The summed E-state index contributed by atoms with van der Waals surface area (Å²) < 4.78 is 12.5. The van der Waals surface area contributed by atoms with E-state index < -0.39 is 0 Å². The molecule has 21 heavy (non-hydrogen) atoms. The molecule has 1 heterocycles. The number of hydrogen-bond acceptors (Lipinski definition) is 3. The third-order valence-electron chi connectivity index (χ3n) is 4.73. The predicted molar refractivity (Wildman–Crippen MR) is 84.9 cm³/mol. The highest BCUT2D eigenvalue weighted by Gasteiger charge is 2.33. The minimum atomic E-state index is -0.126. The first-order chi connectivity index (χ1) is 10.1. The number of rotatable bonds is 3. The largest absolute Gasteiger partial charge is 0.486 e. The maximum Gasteiger partial charge on any atom is 0.165 e. The van der Waals surface area contributed by atoms with Crippen LogP contribution in [0.5, 0.6) is 11.5 Å². The van der Waals surface area contributed by atoms with Crippen LogP contribution in [0.15, 0.2) is 18.2 Å². The Labute approximate surface area is 127 Å². The molecule has 0 aromatic heterocycles. The molecule has 1 aromatic rings. The van der Waals surface area contributed by atoms with Gasteiger partial charge in [-0.3, -0.25) is 0 Å². The predicted octanol–water partition coefficient (Wildman–Crippen LogP) is 3.69. The molecule has 1 fully saturated rings. The minimum Gasteiger partial charge on any atom is -0.486 e. The molecular weight excluding hydrogens is 262 g/mol. The highest BCUT2D eigenvalue weighted by molar-refractivity contribution is 5.50. The van der Waals surface area contributed by atoms with Crippen molar-refractivity contribution in [1.29, 1.82) is 0 Å². The Morgan fingerprint density at radius 1 is 1.24 bits per heavy atom. The highest BCUT2D eigenvalue weighted by Crippen LogP contribution is 2.43. The summed E-state index contributed by atoms with van der Waals surface area (Å²) in [6.07, 6.45) is 7.28. The lowest BCUT2D eigenvalue weighted by atomic mass is 9.97. The summed E-state index contributed by atoms with van der Waals surface area (Å²) in [5.74, 6) is 2.32. The maximum absolute atomic E-state index is 6.37. The molecule has 3 heteroatoms. The molecular formula is C18H27NO2. The van der Waals surface area contributed by atoms with E-state index in [9.17, 15) is 0 Å². The number of fused-ring (bicyclic) bond motifs is 1. The second-order valence-corrected chi connectivity index (χ2v) is 7.07. The molecule has 116 valence electrons. The lowest BCUT2D eigenvalue weighted by molar-refractivity contribution is 0.105. The van der Waals surface area contributed by atoms with Gasteiger partial charge in [-0.2, -0.15) is 0 Å². The monoisotopic (exact) mass is 289 g/mol. The SMILES string of the molecule is CC1(C)Cc2cccc(OC3CCCCCC3CN)c2O1. The van der Waals surface area contributed by atoms with Crippen molar-refractivity contribution >= 4 is 0 Å². The first-order valence-corrected chi connectivity index (χ1v) is 8.27. The molecule has 2 N–H and O–H groups in total. The molecule has 1 aliphatic carbocycles. The van der Waals surface area contributed by atoms with Crippen LogP contribution in [0.1, 0.15) is 51.5 Å². The van der Waals surface area contributed by atoms with Crippen molar-refractivity contribution < 1.29 is 9.47 Å². The van der Waals surface area contributed by atoms with E-state index in [4.69, 9.17) is 15.2 Å². The Balaban J connectivity index is 1.81. The Morgan fingerprint density at radius 2 is 2.05 bits per heavy atom.